The van der Waals surface area contributed by atoms with Crippen LogP contribution in [0.1, 0.15) is 18.9 Å². The minimum Gasteiger partial charge on any atom is -0.341 e. The predicted molar refractivity (Wildman–Crippen MR) is 83.3 cm³/mol. The summed E-state index contributed by atoms with van der Waals surface area (Å²) in [6, 6.07) is 4.23. The van der Waals surface area contributed by atoms with E-state index in [0.717, 1.165) is 0 Å². The van der Waals surface area contributed by atoms with Crippen molar-refractivity contribution in [2.45, 2.75) is 25.9 Å². The van der Waals surface area contributed by atoms with E-state index < -0.39 is 5.82 Å². The van der Waals surface area contributed by atoms with Gasteiger partial charge in [0.15, 0.2) is 0 Å². The molecule has 1 aromatic carbocycles. The summed E-state index contributed by atoms with van der Waals surface area (Å²) in [4.78, 5) is 26.7. The molecule has 1 aliphatic heterocycles. The Hall–Kier alpha value is -1.33. The fraction of sp³-hybridized carbons (Fsp3) is 0.467. The van der Waals surface area contributed by atoms with Crippen LogP contribution in [0, 0.1) is 5.82 Å². The molecule has 0 N–H and O–H groups in total. The van der Waals surface area contributed by atoms with Crippen LogP contribution in [0.2, 0.25) is 5.02 Å². The highest BCUT2D eigenvalue weighted by atomic mass is 35.5. The number of nitrogens with zero attached hydrogens (tertiary/aromatic N) is 2. The summed E-state index contributed by atoms with van der Waals surface area (Å²) in [5.41, 5.74) is 0.268. The Labute approximate surface area is 138 Å². The fourth-order valence-electron chi connectivity index (χ4n) is 2.63. The minimum atomic E-state index is -0.457. The van der Waals surface area contributed by atoms with Crippen molar-refractivity contribution in [2.24, 2.45) is 0 Å². The van der Waals surface area contributed by atoms with Gasteiger partial charge in [0.25, 0.3) is 0 Å². The normalized spacial score (nSPS) is 17.6. The average Bonchev–Trinajstić information content (AvgIpc) is 2.96. The zero-order chi connectivity index (χ0) is 16.3. The second-order valence-electron chi connectivity index (χ2n) is 5.26. The van der Waals surface area contributed by atoms with Gasteiger partial charge in [0.05, 0.1) is 12.6 Å². The van der Waals surface area contributed by atoms with Gasteiger partial charge in [-0.3, -0.25) is 9.59 Å². The highest BCUT2D eigenvalue weighted by Crippen LogP contribution is 2.24. The maximum Gasteiger partial charge on any atom is 0.238 e. The van der Waals surface area contributed by atoms with Crippen LogP contribution in [0.15, 0.2) is 18.2 Å². The van der Waals surface area contributed by atoms with Crippen molar-refractivity contribution in [3.05, 3.63) is 34.6 Å². The summed E-state index contributed by atoms with van der Waals surface area (Å²) in [7, 11) is 0. The number of amides is 2. The van der Waals surface area contributed by atoms with E-state index in [-0.39, 0.29) is 40.9 Å². The third kappa shape index (κ3) is 3.70. The number of rotatable bonds is 4. The molecule has 2 amide bonds. The lowest BCUT2D eigenvalue weighted by atomic mass is 10.1. The van der Waals surface area contributed by atoms with Crippen molar-refractivity contribution in [3.63, 3.8) is 0 Å². The molecule has 22 heavy (non-hydrogen) atoms. The molecule has 1 aromatic rings. The Morgan fingerprint density at radius 1 is 1.45 bits per heavy atom. The van der Waals surface area contributed by atoms with Crippen LogP contribution in [0.4, 0.5) is 4.39 Å². The molecule has 1 unspecified atom stereocenters. The quantitative estimate of drug-likeness (QED) is 0.786. The van der Waals surface area contributed by atoms with Crippen molar-refractivity contribution in [3.8, 4) is 0 Å². The zero-order valence-corrected chi connectivity index (χ0v) is 13.7. The molecule has 1 aliphatic rings. The molecule has 4 nitrogen and oxygen atoms in total. The van der Waals surface area contributed by atoms with Crippen LogP contribution in [0.25, 0.3) is 0 Å². The highest BCUT2D eigenvalue weighted by Gasteiger charge is 2.32. The number of likely N-dealkylation sites (tertiary alicyclic amines) is 1. The molecule has 2 rings (SSSR count). The van der Waals surface area contributed by atoms with E-state index in [1.54, 1.807) is 11.0 Å². The predicted octanol–water partition coefficient (Wildman–Crippen LogP) is 2.67. The topological polar surface area (TPSA) is 40.6 Å². The maximum atomic E-state index is 14.0. The van der Waals surface area contributed by atoms with Gasteiger partial charge in [-0.2, -0.15) is 0 Å². The number of carbonyl (C=O) groups excluding carboxylic acids is 2. The molecule has 1 fully saturated rings. The van der Waals surface area contributed by atoms with Gasteiger partial charge in [-0.1, -0.05) is 17.7 Å². The third-order valence-corrected chi connectivity index (χ3v) is 4.46. The molecular weight excluding hydrogens is 330 g/mol. The number of hydrogen-bond donors (Lipinski definition) is 0. The first kappa shape index (κ1) is 17.0. The Bertz CT molecular complexity index is 562. The number of hydrogen-bond acceptors (Lipinski definition) is 2. The Balaban J connectivity index is 2.21. The second kappa shape index (κ2) is 7.29. The molecule has 0 aromatic heterocycles. The van der Waals surface area contributed by atoms with E-state index in [0.29, 0.717) is 19.5 Å². The molecular formula is C15H17Cl2FN2O2. The number of carbonyl (C=O) groups is 2. The van der Waals surface area contributed by atoms with Crippen molar-refractivity contribution in [2.75, 3.05) is 19.0 Å². The Morgan fingerprint density at radius 2 is 2.18 bits per heavy atom. The van der Waals surface area contributed by atoms with Crippen molar-refractivity contribution >= 4 is 35.0 Å². The van der Waals surface area contributed by atoms with E-state index in [1.807, 2.05) is 0 Å². The van der Waals surface area contributed by atoms with E-state index in [2.05, 4.69) is 0 Å². The van der Waals surface area contributed by atoms with Crippen LogP contribution in [0.3, 0.4) is 0 Å². The zero-order valence-electron chi connectivity index (χ0n) is 12.2. The van der Waals surface area contributed by atoms with E-state index in [1.165, 1.54) is 24.0 Å². The van der Waals surface area contributed by atoms with Crippen LogP contribution in [0.5, 0.6) is 0 Å². The lowest BCUT2D eigenvalue weighted by Crippen LogP contribution is -2.42. The summed E-state index contributed by atoms with van der Waals surface area (Å²) in [5.74, 6) is -0.981. The molecule has 1 heterocycles. The molecule has 0 aliphatic carbocycles. The first-order chi connectivity index (χ1) is 10.4. The number of halogens is 3. The standard InChI is InChI=1S/C15H17Cl2FN2O2/c1-10(21)19-6-5-11(8-19)20(15(22)7-16)9-12-13(17)3-2-4-14(12)18/h2-4,11H,5-9H2,1H3. The second-order valence-corrected chi connectivity index (χ2v) is 5.94. The van der Waals surface area contributed by atoms with Gasteiger partial charge >= 0.3 is 0 Å². The van der Waals surface area contributed by atoms with Gasteiger partial charge in [0.2, 0.25) is 11.8 Å². The maximum absolute atomic E-state index is 14.0. The molecule has 120 valence electrons. The summed E-state index contributed by atoms with van der Waals surface area (Å²) >= 11 is 11.7. The van der Waals surface area contributed by atoms with E-state index >= 15 is 0 Å². The van der Waals surface area contributed by atoms with E-state index in [9.17, 15) is 14.0 Å². The fourth-order valence-corrected chi connectivity index (χ4v) is 3.01. The van der Waals surface area contributed by atoms with Crippen LogP contribution in [-0.2, 0) is 16.1 Å². The average molecular weight is 347 g/mol. The highest BCUT2D eigenvalue weighted by molar-refractivity contribution is 6.31. The SMILES string of the molecule is CC(=O)N1CCC(N(Cc2c(F)cccc2Cl)C(=O)CCl)C1. The number of benzene rings is 1. The van der Waals surface area contributed by atoms with Gasteiger partial charge in [-0.05, 0) is 18.6 Å². The van der Waals surface area contributed by atoms with E-state index in [4.69, 9.17) is 23.2 Å². The molecule has 0 bridgehead atoms. The molecule has 0 radical (unpaired) electrons. The largest absolute Gasteiger partial charge is 0.341 e. The van der Waals surface area contributed by atoms with Gasteiger partial charge in [0.1, 0.15) is 11.7 Å². The third-order valence-electron chi connectivity index (χ3n) is 3.87. The summed E-state index contributed by atoms with van der Waals surface area (Å²) in [5, 5.41) is 0.272. The Kier molecular flexibility index (Phi) is 5.64. The van der Waals surface area contributed by atoms with Crippen molar-refractivity contribution in [1.29, 1.82) is 0 Å². The van der Waals surface area contributed by atoms with Crippen molar-refractivity contribution < 1.29 is 14.0 Å². The smallest absolute Gasteiger partial charge is 0.238 e. The lowest BCUT2D eigenvalue weighted by molar-refractivity contribution is -0.133. The summed E-state index contributed by atoms with van der Waals surface area (Å²) in [6.45, 7) is 2.55. The monoisotopic (exact) mass is 346 g/mol. The Morgan fingerprint density at radius 3 is 2.73 bits per heavy atom. The lowest BCUT2D eigenvalue weighted by Gasteiger charge is -2.29. The van der Waals surface area contributed by atoms with Gasteiger partial charge in [0, 0.05) is 30.6 Å². The van der Waals surface area contributed by atoms with Crippen LogP contribution in [-0.4, -0.2) is 46.6 Å². The summed E-state index contributed by atoms with van der Waals surface area (Å²) in [6.07, 6.45) is 0.647. The molecule has 1 atom stereocenters. The van der Waals surface area contributed by atoms with Gasteiger partial charge in [-0.25, -0.2) is 4.39 Å². The molecule has 0 saturated carbocycles. The molecule has 7 heteroatoms. The summed E-state index contributed by atoms with van der Waals surface area (Å²) < 4.78 is 14.0. The van der Waals surface area contributed by atoms with Crippen LogP contribution >= 0.6 is 23.2 Å². The number of alkyl halides is 1. The molecule has 0 spiro atoms. The van der Waals surface area contributed by atoms with Crippen molar-refractivity contribution in [1.82, 2.24) is 9.80 Å². The first-order valence-corrected chi connectivity index (χ1v) is 7.89. The van der Waals surface area contributed by atoms with Crippen LogP contribution < -0.4 is 0 Å². The van der Waals surface area contributed by atoms with Gasteiger partial charge < -0.3 is 9.80 Å². The molecule has 1 saturated heterocycles. The first-order valence-electron chi connectivity index (χ1n) is 6.98. The minimum absolute atomic E-state index is 0.0373. The van der Waals surface area contributed by atoms with Gasteiger partial charge in [-0.15, -0.1) is 11.6 Å².